The zero-order chi connectivity index (χ0) is 12.4. The normalized spacial score (nSPS) is 12.8. The second kappa shape index (κ2) is 11.6. The van der Waals surface area contributed by atoms with Crippen molar-refractivity contribution in [3.05, 3.63) is 12.4 Å². The van der Waals surface area contributed by atoms with Crippen molar-refractivity contribution in [2.45, 2.75) is 32.6 Å². The third kappa shape index (κ3) is 13.0. The van der Waals surface area contributed by atoms with Gasteiger partial charge in [0.15, 0.2) is 0 Å². The minimum absolute atomic E-state index is 0. The van der Waals surface area contributed by atoms with E-state index in [9.17, 15) is 0 Å². The maximum absolute atomic E-state index is 9.00. The van der Waals surface area contributed by atoms with Crippen LogP contribution in [-0.2, 0) is 0 Å². The summed E-state index contributed by atoms with van der Waals surface area (Å²) in [6.07, 6.45) is 9.76. The van der Waals surface area contributed by atoms with Gasteiger partial charge in [0.05, 0.1) is 6.67 Å². The van der Waals surface area contributed by atoms with Crippen LogP contribution in [0.15, 0.2) is 12.4 Å². The summed E-state index contributed by atoms with van der Waals surface area (Å²) in [5.74, 6) is 0. The van der Waals surface area contributed by atoms with Gasteiger partial charge in [0, 0.05) is 26.0 Å². The predicted molar refractivity (Wildman–Crippen MR) is 76.7 cm³/mol. The number of primary amides is 2. The Morgan fingerprint density at radius 2 is 1.82 bits per heavy atom. The van der Waals surface area contributed by atoms with Crippen molar-refractivity contribution >= 4 is 23.0 Å². The van der Waals surface area contributed by atoms with E-state index >= 15 is 0 Å². The Bertz CT molecular complexity index is 220. The van der Waals surface area contributed by atoms with Gasteiger partial charge in [-0.25, -0.2) is 4.79 Å². The van der Waals surface area contributed by atoms with E-state index in [2.05, 4.69) is 47.6 Å². The zero-order valence-electron chi connectivity index (χ0n) is 10.8. The van der Waals surface area contributed by atoms with E-state index in [-0.39, 0.29) is 17.0 Å². The molecule has 0 radical (unpaired) electrons. The Labute approximate surface area is 115 Å². The minimum Gasteiger partial charge on any atom is -0.362 e. The molecule has 1 rings (SSSR count). The van der Waals surface area contributed by atoms with Gasteiger partial charge in [-0.3, -0.25) is 0 Å². The highest BCUT2D eigenvalue weighted by molar-refractivity contribution is 8.93. The van der Waals surface area contributed by atoms with Gasteiger partial charge in [0.1, 0.15) is 0 Å². The fourth-order valence-corrected chi connectivity index (χ4v) is 1.48. The van der Waals surface area contributed by atoms with E-state index in [1.807, 2.05) is 0 Å². The summed E-state index contributed by atoms with van der Waals surface area (Å²) in [5, 5.41) is 0. The molecular formula is C11H25BrN4O. The fourth-order valence-electron chi connectivity index (χ4n) is 1.48. The van der Waals surface area contributed by atoms with Crippen LogP contribution in [0, 0.1) is 0 Å². The number of halogens is 1. The van der Waals surface area contributed by atoms with Gasteiger partial charge in [0.2, 0.25) is 0 Å². The number of hydrogen-bond acceptors (Lipinski definition) is 3. The molecule has 0 aliphatic carbocycles. The predicted octanol–water partition coefficient (Wildman–Crippen LogP) is 1.84. The van der Waals surface area contributed by atoms with Crippen molar-refractivity contribution in [3.63, 3.8) is 0 Å². The summed E-state index contributed by atoms with van der Waals surface area (Å²) >= 11 is 0. The molecule has 1 aliphatic rings. The number of amides is 2. The minimum atomic E-state index is -0.833. The Hall–Kier alpha value is -0.910. The first-order chi connectivity index (χ1) is 7.56. The highest BCUT2D eigenvalue weighted by Crippen LogP contribution is 2.06. The summed E-state index contributed by atoms with van der Waals surface area (Å²) in [6, 6.07) is -0.833. The van der Waals surface area contributed by atoms with Crippen LogP contribution in [0.2, 0.25) is 0 Å². The molecule has 0 atom stereocenters. The van der Waals surface area contributed by atoms with Crippen molar-refractivity contribution in [2.75, 3.05) is 20.3 Å². The number of nitrogens with two attached hydrogens (primary N) is 2. The van der Waals surface area contributed by atoms with Gasteiger partial charge in [-0.2, -0.15) is 0 Å². The molecule has 0 aromatic rings. The van der Waals surface area contributed by atoms with Crippen LogP contribution in [-0.4, -0.2) is 36.1 Å². The summed E-state index contributed by atoms with van der Waals surface area (Å²) in [5.41, 5.74) is 8.50. The van der Waals surface area contributed by atoms with Crippen molar-refractivity contribution in [1.82, 2.24) is 9.80 Å². The average Bonchev–Trinajstić information content (AvgIpc) is 2.58. The molecule has 0 bridgehead atoms. The van der Waals surface area contributed by atoms with Crippen LogP contribution in [0.1, 0.15) is 32.6 Å². The van der Waals surface area contributed by atoms with Crippen LogP contribution in [0.4, 0.5) is 4.79 Å². The van der Waals surface area contributed by atoms with Crippen molar-refractivity contribution < 1.29 is 4.79 Å². The Kier molecular flexibility index (Phi) is 12.6. The molecule has 4 N–H and O–H groups in total. The molecule has 0 unspecified atom stereocenters. The van der Waals surface area contributed by atoms with Gasteiger partial charge in [-0.05, 0) is 6.42 Å². The molecule has 0 aromatic heterocycles. The standard InChI is InChI=1S/C10H20N2.CH4N2O.BrH/c1-3-4-5-6-7-12-9-8-11(2)10-12;2-1(3)4;/h8-9H,3-7,10H2,1-2H3;(H4,2,3,4);1H. The first-order valence-corrected chi connectivity index (χ1v) is 5.73. The van der Waals surface area contributed by atoms with E-state index in [0.717, 1.165) is 6.67 Å². The molecule has 17 heavy (non-hydrogen) atoms. The Balaban J connectivity index is 0. The SMILES string of the molecule is Br.CCCCCCN1C=CN(C)C1.NC(N)=O. The highest BCUT2D eigenvalue weighted by atomic mass is 79.9. The van der Waals surface area contributed by atoms with Gasteiger partial charge in [-0.1, -0.05) is 26.2 Å². The smallest absolute Gasteiger partial charge is 0.309 e. The summed E-state index contributed by atoms with van der Waals surface area (Å²) in [4.78, 5) is 13.6. The number of unbranched alkanes of at least 4 members (excludes halogenated alkanes) is 3. The van der Waals surface area contributed by atoms with E-state index in [0.29, 0.717) is 0 Å². The first kappa shape index (κ1) is 18.5. The van der Waals surface area contributed by atoms with Crippen LogP contribution >= 0.6 is 17.0 Å². The molecular weight excluding hydrogens is 284 g/mol. The maximum Gasteiger partial charge on any atom is 0.309 e. The molecule has 1 heterocycles. The summed E-state index contributed by atoms with van der Waals surface area (Å²) in [6.45, 7) is 4.55. The summed E-state index contributed by atoms with van der Waals surface area (Å²) in [7, 11) is 2.11. The van der Waals surface area contributed by atoms with Gasteiger partial charge >= 0.3 is 6.03 Å². The Morgan fingerprint density at radius 3 is 2.24 bits per heavy atom. The fraction of sp³-hybridized carbons (Fsp3) is 0.727. The second-order valence-corrected chi connectivity index (χ2v) is 3.97. The lowest BCUT2D eigenvalue weighted by Crippen LogP contribution is -2.23. The number of hydrogen-bond donors (Lipinski definition) is 2. The van der Waals surface area contributed by atoms with Gasteiger partial charge in [-0.15, -0.1) is 17.0 Å². The third-order valence-electron chi connectivity index (χ3n) is 2.24. The summed E-state index contributed by atoms with van der Waals surface area (Å²) < 4.78 is 0. The van der Waals surface area contributed by atoms with Gasteiger partial charge < -0.3 is 21.3 Å². The lowest BCUT2D eigenvalue weighted by molar-refractivity contribution is 0.256. The molecule has 0 aromatic carbocycles. The zero-order valence-corrected chi connectivity index (χ0v) is 12.5. The van der Waals surface area contributed by atoms with Crippen molar-refractivity contribution in [1.29, 1.82) is 0 Å². The number of carbonyl (C=O) groups is 1. The number of rotatable bonds is 5. The average molecular weight is 309 g/mol. The lowest BCUT2D eigenvalue weighted by Gasteiger charge is -2.17. The second-order valence-electron chi connectivity index (χ2n) is 3.97. The Morgan fingerprint density at radius 1 is 1.24 bits per heavy atom. The molecule has 0 saturated carbocycles. The first-order valence-electron chi connectivity index (χ1n) is 5.73. The van der Waals surface area contributed by atoms with Crippen LogP contribution in [0.5, 0.6) is 0 Å². The highest BCUT2D eigenvalue weighted by Gasteiger charge is 2.06. The molecule has 0 fully saturated rings. The van der Waals surface area contributed by atoms with E-state index in [4.69, 9.17) is 4.79 Å². The number of urea groups is 1. The monoisotopic (exact) mass is 308 g/mol. The number of carbonyl (C=O) groups excluding carboxylic acids is 1. The molecule has 6 heteroatoms. The molecule has 5 nitrogen and oxygen atoms in total. The lowest BCUT2D eigenvalue weighted by atomic mass is 10.2. The van der Waals surface area contributed by atoms with Crippen LogP contribution in [0.3, 0.4) is 0 Å². The third-order valence-corrected chi connectivity index (χ3v) is 2.24. The van der Waals surface area contributed by atoms with E-state index < -0.39 is 6.03 Å². The van der Waals surface area contributed by atoms with Crippen LogP contribution in [0.25, 0.3) is 0 Å². The molecule has 2 amide bonds. The largest absolute Gasteiger partial charge is 0.362 e. The van der Waals surface area contributed by atoms with Gasteiger partial charge in [0.25, 0.3) is 0 Å². The maximum atomic E-state index is 9.00. The molecule has 1 aliphatic heterocycles. The van der Waals surface area contributed by atoms with Crippen molar-refractivity contribution in [2.24, 2.45) is 11.5 Å². The van der Waals surface area contributed by atoms with E-state index in [1.165, 1.54) is 32.2 Å². The molecule has 0 spiro atoms. The van der Waals surface area contributed by atoms with Crippen molar-refractivity contribution in [3.8, 4) is 0 Å². The number of nitrogens with zero attached hydrogens (tertiary/aromatic N) is 2. The topological polar surface area (TPSA) is 75.6 Å². The van der Waals surface area contributed by atoms with Crippen LogP contribution < -0.4 is 11.5 Å². The quantitative estimate of drug-likeness (QED) is 0.761. The molecule has 102 valence electrons. The van der Waals surface area contributed by atoms with E-state index in [1.54, 1.807) is 0 Å². The molecule has 0 saturated heterocycles.